The van der Waals surface area contributed by atoms with Crippen LogP contribution in [0.3, 0.4) is 0 Å². The maximum Gasteiger partial charge on any atom is 0.0240 e. The second-order valence-electron chi connectivity index (χ2n) is 5.94. The molecule has 0 aliphatic carbocycles. The fourth-order valence-electron chi connectivity index (χ4n) is 3.39. The summed E-state index contributed by atoms with van der Waals surface area (Å²) in [5.74, 6) is 0. The first-order valence-electron chi connectivity index (χ1n) is 7.49. The van der Waals surface area contributed by atoms with E-state index in [4.69, 9.17) is 0 Å². The maximum absolute atomic E-state index is 3.42. The largest absolute Gasteiger partial charge is 0.309 e. The van der Waals surface area contributed by atoms with Gasteiger partial charge in [-0.2, -0.15) is 0 Å². The molecule has 0 radical (unpaired) electrons. The van der Waals surface area contributed by atoms with Gasteiger partial charge in [-0.1, -0.05) is 42.5 Å². The number of benzene rings is 2. The van der Waals surface area contributed by atoms with Gasteiger partial charge in [0.2, 0.25) is 0 Å². The van der Waals surface area contributed by atoms with Crippen molar-refractivity contribution in [2.24, 2.45) is 0 Å². The fourth-order valence-corrected chi connectivity index (χ4v) is 3.39. The summed E-state index contributed by atoms with van der Waals surface area (Å²) in [5, 5.41) is 3.42. The van der Waals surface area contributed by atoms with Crippen LogP contribution < -0.4 is 5.32 Å². The molecule has 0 spiro atoms. The average molecular weight is 264 g/mol. The van der Waals surface area contributed by atoms with Crippen molar-refractivity contribution in [2.75, 3.05) is 6.54 Å². The van der Waals surface area contributed by atoms with Gasteiger partial charge in [-0.25, -0.2) is 0 Å². The van der Waals surface area contributed by atoms with E-state index in [9.17, 15) is 0 Å². The van der Waals surface area contributed by atoms with Gasteiger partial charge in [-0.3, -0.25) is 4.90 Å². The lowest BCUT2D eigenvalue weighted by Gasteiger charge is -2.28. The van der Waals surface area contributed by atoms with Gasteiger partial charge in [-0.15, -0.1) is 0 Å². The van der Waals surface area contributed by atoms with Crippen molar-refractivity contribution < 1.29 is 0 Å². The van der Waals surface area contributed by atoms with E-state index >= 15 is 0 Å². The van der Waals surface area contributed by atoms with Gasteiger partial charge >= 0.3 is 0 Å². The number of hydrogen-bond acceptors (Lipinski definition) is 2. The van der Waals surface area contributed by atoms with E-state index in [1.165, 1.54) is 40.8 Å². The Balaban J connectivity index is 1.50. The van der Waals surface area contributed by atoms with Crippen molar-refractivity contribution in [2.45, 2.75) is 32.6 Å². The molecule has 0 aromatic heterocycles. The first-order chi connectivity index (χ1) is 9.88. The third-order valence-electron chi connectivity index (χ3n) is 4.52. The minimum absolute atomic E-state index is 1.03. The van der Waals surface area contributed by atoms with Crippen LogP contribution in [-0.2, 0) is 32.6 Å². The lowest BCUT2D eigenvalue weighted by atomic mass is 9.99. The summed E-state index contributed by atoms with van der Waals surface area (Å²) < 4.78 is 0. The highest BCUT2D eigenvalue weighted by Crippen LogP contribution is 2.22. The molecule has 2 nitrogen and oxygen atoms in total. The van der Waals surface area contributed by atoms with E-state index in [1.54, 1.807) is 0 Å². The number of rotatable bonds is 2. The van der Waals surface area contributed by atoms with Crippen molar-refractivity contribution in [3.8, 4) is 0 Å². The smallest absolute Gasteiger partial charge is 0.0240 e. The topological polar surface area (TPSA) is 15.3 Å². The molecule has 0 bridgehead atoms. The van der Waals surface area contributed by atoms with Gasteiger partial charge in [0.1, 0.15) is 0 Å². The predicted molar refractivity (Wildman–Crippen MR) is 81.2 cm³/mol. The van der Waals surface area contributed by atoms with Crippen LogP contribution in [0.5, 0.6) is 0 Å². The fraction of sp³-hybridized carbons (Fsp3) is 0.333. The monoisotopic (exact) mass is 264 g/mol. The third-order valence-corrected chi connectivity index (χ3v) is 4.52. The highest BCUT2D eigenvalue weighted by molar-refractivity contribution is 5.35. The Kier molecular flexibility index (Phi) is 3.06. The zero-order chi connectivity index (χ0) is 13.4. The molecule has 2 aromatic carbocycles. The summed E-state index contributed by atoms with van der Waals surface area (Å²) in [6.45, 7) is 5.40. The summed E-state index contributed by atoms with van der Waals surface area (Å²) in [6.07, 6.45) is 1.18. The highest BCUT2D eigenvalue weighted by atomic mass is 15.1. The molecule has 0 fully saturated rings. The van der Waals surface area contributed by atoms with Crippen LogP contribution >= 0.6 is 0 Å². The van der Waals surface area contributed by atoms with Crippen LogP contribution in [-0.4, -0.2) is 11.4 Å². The summed E-state index contributed by atoms with van der Waals surface area (Å²) in [5.41, 5.74) is 7.44. The molecule has 2 aliphatic heterocycles. The van der Waals surface area contributed by atoms with E-state index in [0.717, 1.165) is 26.2 Å². The molecule has 2 aromatic rings. The first-order valence-corrected chi connectivity index (χ1v) is 7.49. The second-order valence-corrected chi connectivity index (χ2v) is 5.94. The quantitative estimate of drug-likeness (QED) is 0.897. The second kappa shape index (κ2) is 5.04. The third kappa shape index (κ3) is 2.26. The maximum atomic E-state index is 3.42. The van der Waals surface area contributed by atoms with Gasteiger partial charge < -0.3 is 5.32 Å². The predicted octanol–water partition coefficient (Wildman–Crippen LogP) is 2.85. The van der Waals surface area contributed by atoms with Crippen molar-refractivity contribution in [3.63, 3.8) is 0 Å². The first kappa shape index (κ1) is 12.1. The van der Waals surface area contributed by atoms with Crippen LogP contribution in [0, 0.1) is 0 Å². The summed E-state index contributed by atoms with van der Waals surface area (Å²) >= 11 is 0. The minimum atomic E-state index is 1.03. The molecule has 0 saturated carbocycles. The number of nitrogens with zero attached hydrogens (tertiary/aromatic N) is 1. The molecule has 2 heteroatoms. The average Bonchev–Trinajstić information content (AvgIpc) is 2.95. The number of fused-ring (bicyclic) bond motifs is 2. The van der Waals surface area contributed by atoms with E-state index in [-0.39, 0.29) is 0 Å². The van der Waals surface area contributed by atoms with Gasteiger partial charge in [0.15, 0.2) is 0 Å². The number of hydrogen-bond donors (Lipinski definition) is 1. The molecular formula is C18H20N2. The summed E-state index contributed by atoms with van der Waals surface area (Å²) in [6, 6.07) is 15.8. The molecule has 2 heterocycles. The zero-order valence-electron chi connectivity index (χ0n) is 11.7. The summed E-state index contributed by atoms with van der Waals surface area (Å²) in [7, 11) is 0. The van der Waals surface area contributed by atoms with Gasteiger partial charge in [0.25, 0.3) is 0 Å². The summed E-state index contributed by atoms with van der Waals surface area (Å²) in [4.78, 5) is 2.56. The van der Waals surface area contributed by atoms with Crippen molar-refractivity contribution >= 4 is 0 Å². The lowest BCUT2D eigenvalue weighted by molar-refractivity contribution is 0.245. The Hall–Kier alpha value is -1.64. The molecule has 0 atom stereocenters. The van der Waals surface area contributed by atoms with E-state index in [0.29, 0.717) is 0 Å². The standard InChI is InChI=1S/C18H20N2/c1-2-4-17-13-20(8-7-15(17)3-1)12-14-5-6-16-10-19-11-18(16)9-14/h1-6,9,19H,7-8,10-13H2. The zero-order valence-corrected chi connectivity index (χ0v) is 11.7. The van der Waals surface area contributed by atoms with Crippen LogP contribution in [0.15, 0.2) is 42.5 Å². The Morgan fingerprint density at radius 1 is 0.900 bits per heavy atom. The Morgan fingerprint density at radius 3 is 2.70 bits per heavy atom. The molecule has 4 rings (SSSR count). The molecule has 20 heavy (non-hydrogen) atoms. The van der Waals surface area contributed by atoms with Crippen LogP contribution in [0.1, 0.15) is 27.8 Å². The van der Waals surface area contributed by atoms with E-state index in [2.05, 4.69) is 52.7 Å². The Labute approximate surface area is 120 Å². The van der Waals surface area contributed by atoms with Crippen LogP contribution in [0.25, 0.3) is 0 Å². The highest BCUT2D eigenvalue weighted by Gasteiger charge is 2.16. The molecule has 0 unspecified atom stereocenters. The minimum Gasteiger partial charge on any atom is -0.309 e. The molecule has 1 N–H and O–H groups in total. The van der Waals surface area contributed by atoms with Gasteiger partial charge in [0, 0.05) is 32.7 Å². The van der Waals surface area contributed by atoms with Crippen molar-refractivity contribution in [1.29, 1.82) is 0 Å². The van der Waals surface area contributed by atoms with Gasteiger partial charge in [-0.05, 0) is 34.2 Å². The van der Waals surface area contributed by atoms with Crippen LogP contribution in [0.2, 0.25) is 0 Å². The molecule has 0 amide bonds. The van der Waals surface area contributed by atoms with Crippen LogP contribution in [0.4, 0.5) is 0 Å². The van der Waals surface area contributed by atoms with Gasteiger partial charge in [0.05, 0.1) is 0 Å². The SMILES string of the molecule is c1ccc2c(c1)CCN(Cc1ccc3c(c1)CNC3)C2. The van der Waals surface area contributed by atoms with E-state index < -0.39 is 0 Å². The Bertz CT molecular complexity index is 633. The lowest BCUT2D eigenvalue weighted by Crippen LogP contribution is -2.30. The molecule has 0 saturated heterocycles. The van der Waals surface area contributed by atoms with Crippen molar-refractivity contribution in [3.05, 3.63) is 70.3 Å². The molecule has 102 valence electrons. The Morgan fingerprint density at radius 2 is 1.75 bits per heavy atom. The molecule has 2 aliphatic rings. The van der Waals surface area contributed by atoms with Crippen molar-refractivity contribution in [1.82, 2.24) is 10.2 Å². The number of nitrogens with one attached hydrogen (secondary N) is 1. The molecular weight excluding hydrogens is 244 g/mol. The normalized spacial score (nSPS) is 17.8. The van der Waals surface area contributed by atoms with E-state index in [1.807, 2.05) is 0 Å².